The number of nitrogens with one attached hydrogen (secondary N) is 1. The number of amides is 1. The van der Waals surface area contributed by atoms with Crippen LogP contribution in [-0.4, -0.2) is 24.1 Å². The fourth-order valence-electron chi connectivity index (χ4n) is 2.01. The molecule has 1 N–H and O–H groups in total. The lowest BCUT2D eigenvalue weighted by Gasteiger charge is -2.24. The number of rotatable bonds is 6. The third-order valence-electron chi connectivity index (χ3n) is 3.47. The molecule has 0 bridgehead atoms. The summed E-state index contributed by atoms with van der Waals surface area (Å²) in [5.41, 5.74) is -0.550. The van der Waals surface area contributed by atoms with E-state index in [1.54, 1.807) is 43.3 Å². The number of hydrogen-bond donors (Lipinski definition) is 1. The lowest BCUT2D eigenvalue weighted by Crippen LogP contribution is -2.41. The van der Waals surface area contributed by atoms with E-state index in [4.69, 9.17) is 21.1 Å². The summed E-state index contributed by atoms with van der Waals surface area (Å²) in [6.07, 6.45) is 0. The molecule has 0 aliphatic carbocycles. The molecule has 0 spiro atoms. The first-order valence-corrected chi connectivity index (χ1v) is 8.23. The fourth-order valence-corrected chi connectivity index (χ4v) is 2.14. The monoisotopic (exact) mass is 379 g/mol. The van der Waals surface area contributed by atoms with Crippen LogP contribution in [0.1, 0.15) is 19.4 Å². The van der Waals surface area contributed by atoms with E-state index in [9.17, 15) is 14.0 Å². The van der Waals surface area contributed by atoms with Crippen LogP contribution in [0.25, 0.3) is 0 Å². The van der Waals surface area contributed by atoms with Crippen molar-refractivity contribution in [2.75, 3.05) is 11.9 Å². The Kier molecular flexibility index (Phi) is 6.21. The first-order valence-electron chi connectivity index (χ1n) is 7.85. The molecule has 1 amide bonds. The minimum atomic E-state index is -1.30. The maximum Gasteiger partial charge on any atom is 0.350 e. The molecule has 0 unspecified atom stereocenters. The predicted octanol–water partition coefficient (Wildman–Crippen LogP) is 4.13. The Balaban J connectivity index is 1.88. The van der Waals surface area contributed by atoms with Crippen LogP contribution < -0.4 is 10.1 Å². The van der Waals surface area contributed by atoms with Crippen LogP contribution in [-0.2, 0) is 14.3 Å². The third-order valence-corrected chi connectivity index (χ3v) is 3.72. The quantitative estimate of drug-likeness (QED) is 0.766. The van der Waals surface area contributed by atoms with Crippen molar-refractivity contribution < 1.29 is 23.5 Å². The second-order valence-corrected chi connectivity index (χ2v) is 6.59. The van der Waals surface area contributed by atoms with Crippen LogP contribution in [0.2, 0.25) is 5.02 Å². The molecule has 0 radical (unpaired) electrons. The molecule has 0 saturated carbocycles. The zero-order chi connectivity index (χ0) is 19.3. The molecule has 0 aliphatic heterocycles. The van der Waals surface area contributed by atoms with Crippen LogP contribution in [0.5, 0.6) is 5.75 Å². The second kappa shape index (κ2) is 8.19. The van der Waals surface area contributed by atoms with Crippen molar-refractivity contribution in [2.45, 2.75) is 26.4 Å². The van der Waals surface area contributed by atoms with Crippen LogP contribution in [0.4, 0.5) is 10.1 Å². The molecule has 0 fully saturated rings. The van der Waals surface area contributed by atoms with E-state index in [-0.39, 0.29) is 5.69 Å². The van der Waals surface area contributed by atoms with Crippen molar-refractivity contribution in [1.29, 1.82) is 0 Å². The molecule has 26 heavy (non-hydrogen) atoms. The van der Waals surface area contributed by atoms with E-state index in [0.717, 1.165) is 0 Å². The number of esters is 1. The molecule has 2 rings (SSSR count). The van der Waals surface area contributed by atoms with Crippen molar-refractivity contribution in [2.24, 2.45) is 0 Å². The summed E-state index contributed by atoms with van der Waals surface area (Å²) < 4.78 is 24.0. The number of ether oxygens (including phenoxy) is 2. The standard InChI is InChI=1S/C19H19ClFNO4/c1-12-4-7-14(10-16(12)21)22-17(23)11-25-18(24)19(2,3)26-15-8-5-13(20)6-9-15/h4-10H,11H2,1-3H3,(H,22,23). The van der Waals surface area contributed by atoms with Gasteiger partial charge in [-0.15, -0.1) is 0 Å². The number of carbonyl (C=O) groups is 2. The lowest BCUT2D eigenvalue weighted by atomic mass is 10.1. The Morgan fingerprint density at radius 1 is 1.15 bits per heavy atom. The van der Waals surface area contributed by atoms with Gasteiger partial charge in [-0.1, -0.05) is 17.7 Å². The highest BCUT2D eigenvalue weighted by Crippen LogP contribution is 2.21. The highest BCUT2D eigenvalue weighted by molar-refractivity contribution is 6.30. The van der Waals surface area contributed by atoms with Crippen molar-refractivity contribution in [1.82, 2.24) is 0 Å². The molecule has 0 heterocycles. The summed E-state index contributed by atoms with van der Waals surface area (Å²) in [6.45, 7) is 4.15. The van der Waals surface area contributed by atoms with Gasteiger partial charge in [0.2, 0.25) is 0 Å². The lowest BCUT2D eigenvalue weighted by molar-refractivity contribution is -0.161. The van der Waals surface area contributed by atoms with E-state index in [1.807, 2.05) is 0 Å². The first kappa shape index (κ1) is 19.7. The number of hydrogen-bond acceptors (Lipinski definition) is 4. The summed E-state index contributed by atoms with van der Waals surface area (Å²) >= 11 is 5.80. The number of anilines is 1. The van der Waals surface area contributed by atoms with Gasteiger partial charge >= 0.3 is 5.97 Å². The smallest absolute Gasteiger partial charge is 0.350 e. The SMILES string of the molecule is Cc1ccc(NC(=O)COC(=O)C(C)(C)Oc2ccc(Cl)cc2)cc1F. The zero-order valence-electron chi connectivity index (χ0n) is 14.6. The normalized spacial score (nSPS) is 11.0. The van der Waals surface area contributed by atoms with E-state index in [1.165, 1.54) is 19.9 Å². The van der Waals surface area contributed by atoms with Gasteiger partial charge in [-0.05, 0) is 62.7 Å². The Morgan fingerprint density at radius 2 is 1.81 bits per heavy atom. The van der Waals surface area contributed by atoms with Crippen molar-refractivity contribution in [3.8, 4) is 5.75 Å². The third kappa shape index (κ3) is 5.46. The van der Waals surface area contributed by atoms with Gasteiger partial charge in [-0.3, -0.25) is 4.79 Å². The molecule has 5 nitrogen and oxygen atoms in total. The van der Waals surface area contributed by atoms with Gasteiger partial charge in [0, 0.05) is 10.7 Å². The van der Waals surface area contributed by atoms with Crippen molar-refractivity contribution >= 4 is 29.2 Å². The second-order valence-electron chi connectivity index (χ2n) is 6.15. The van der Waals surface area contributed by atoms with E-state index < -0.39 is 29.9 Å². The largest absolute Gasteiger partial charge is 0.476 e. The van der Waals surface area contributed by atoms with E-state index in [0.29, 0.717) is 16.3 Å². The van der Waals surface area contributed by atoms with Crippen LogP contribution >= 0.6 is 11.6 Å². The van der Waals surface area contributed by atoms with Gasteiger partial charge < -0.3 is 14.8 Å². The average Bonchev–Trinajstić information content (AvgIpc) is 2.58. The zero-order valence-corrected chi connectivity index (χ0v) is 15.4. The molecule has 0 atom stereocenters. The Bertz CT molecular complexity index is 806. The summed E-state index contributed by atoms with van der Waals surface area (Å²) in [7, 11) is 0. The molecule has 0 aliphatic rings. The van der Waals surface area contributed by atoms with Crippen molar-refractivity contribution in [3.63, 3.8) is 0 Å². The summed E-state index contributed by atoms with van der Waals surface area (Å²) in [5.74, 6) is -1.28. The van der Waals surface area contributed by atoms with Crippen LogP contribution in [0.3, 0.4) is 0 Å². The van der Waals surface area contributed by atoms with Gasteiger partial charge in [-0.25, -0.2) is 9.18 Å². The summed E-state index contributed by atoms with van der Waals surface area (Å²) in [5, 5.41) is 3.00. The minimum Gasteiger partial charge on any atom is -0.476 e. The average molecular weight is 380 g/mol. The molecular weight excluding hydrogens is 361 g/mol. The Hall–Kier alpha value is -2.60. The van der Waals surface area contributed by atoms with Crippen molar-refractivity contribution in [3.05, 3.63) is 58.9 Å². The van der Waals surface area contributed by atoms with Crippen LogP contribution in [0.15, 0.2) is 42.5 Å². The fraction of sp³-hybridized carbons (Fsp3) is 0.263. The highest BCUT2D eigenvalue weighted by Gasteiger charge is 2.32. The molecule has 2 aromatic carbocycles. The van der Waals surface area contributed by atoms with E-state index in [2.05, 4.69) is 5.32 Å². The molecule has 2 aromatic rings. The molecule has 7 heteroatoms. The van der Waals surface area contributed by atoms with Gasteiger partial charge in [-0.2, -0.15) is 0 Å². The maximum absolute atomic E-state index is 13.5. The highest BCUT2D eigenvalue weighted by atomic mass is 35.5. The molecule has 0 aromatic heterocycles. The number of halogens is 2. The Morgan fingerprint density at radius 3 is 2.42 bits per heavy atom. The van der Waals surface area contributed by atoms with Gasteiger partial charge in [0.1, 0.15) is 11.6 Å². The van der Waals surface area contributed by atoms with Gasteiger partial charge in [0.05, 0.1) is 0 Å². The maximum atomic E-state index is 13.5. The number of carbonyl (C=O) groups excluding carboxylic acids is 2. The van der Waals surface area contributed by atoms with Crippen LogP contribution in [0, 0.1) is 12.7 Å². The number of benzene rings is 2. The molecule has 0 saturated heterocycles. The predicted molar refractivity (Wildman–Crippen MR) is 96.9 cm³/mol. The van der Waals surface area contributed by atoms with E-state index >= 15 is 0 Å². The molecular formula is C19H19ClFNO4. The molecule has 138 valence electrons. The van der Waals surface area contributed by atoms with Gasteiger partial charge in [0.15, 0.2) is 12.2 Å². The number of aryl methyl sites for hydroxylation is 1. The summed E-state index contributed by atoms with van der Waals surface area (Å²) in [4.78, 5) is 24.0. The Labute approximate surface area is 156 Å². The topological polar surface area (TPSA) is 64.6 Å². The first-order chi connectivity index (χ1) is 12.2. The summed E-state index contributed by atoms with van der Waals surface area (Å²) in [6, 6.07) is 10.8. The van der Waals surface area contributed by atoms with Gasteiger partial charge in [0.25, 0.3) is 5.91 Å². The minimum absolute atomic E-state index is 0.283.